The summed E-state index contributed by atoms with van der Waals surface area (Å²) < 4.78 is 6.35. The number of amides is 1. The van der Waals surface area contributed by atoms with E-state index < -0.39 is 0 Å². The van der Waals surface area contributed by atoms with Crippen LogP contribution in [0.5, 0.6) is 5.75 Å². The van der Waals surface area contributed by atoms with Crippen LogP contribution in [0.4, 0.5) is 5.13 Å². The molecule has 0 bridgehead atoms. The van der Waals surface area contributed by atoms with E-state index in [4.69, 9.17) is 21.3 Å². The molecule has 5 nitrogen and oxygen atoms in total. The second-order valence-corrected chi connectivity index (χ2v) is 9.39. The highest BCUT2D eigenvalue weighted by Crippen LogP contribution is 2.38. The Morgan fingerprint density at radius 1 is 1.24 bits per heavy atom. The van der Waals surface area contributed by atoms with Crippen LogP contribution in [0.15, 0.2) is 41.3 Å². The normalized spacial score (nSPS) is 14.4. The molecule has 8 heteroatoms. The van der Waals surface area contributed by atoms with Crippen molar-refractivity contribution in [1.29, 1.82) is 0 Å². The maximum absolute atomic E-state index is 12.9. The van der Waals surface area contributed by atoms with Gasteiger partial charge in [0.15, 0.2) is 5.13 Å². The first-order chi connectivity index (χ1) is 14.1. The monoisotopic (exact) mass is 447 g/mol. The summed E-state index contributed by atoms with van der Waals surface area (Å²) in [6.07, 6.45) is 0. The molecule has 0 N–H and O–H groups in total. The summed E-state index contributed by atoms with van der Waals surface area (Å²) in [5.74, 6) is 1.82. The number of nitrogens with zero attached hydrogens (tertiary/aromatic N) is 3. The zero-order valence-corrected chi connectivity index (χ0v) is 18.7. The van der Waals surface area contributed by atoms with E-state index in [1.807, 2.05) is 35.2 Å². The Bertz CT molecular complexity index is 1030. The minimum atomic E-state index is 0.0946. The molecule has 1 amide bonds. The maximum atomic E-state index is 12.9. The van der Waals surface area contributed by atoms with E-state index >= 15 is 0 Å². The number of halogens is 1. The molecule has 2 heterocycles. The molecule has 0 radical (unpaired) electrons. The number of thiazole rings is 1. The fraction of sp³-hybridized carbons (Fsp3) is 0.333. The number of methoxy groups -OCH3 is 1. The molecule has 2 aromatic carbocycles. The number of hydrogen-bond donors (Lipinski definition) is 0. The largest absolute Gasteiger partial charge is 0.494 e. The van der Waals surface area contributed by atoms with E-state index in [0.29, 0.717) is 18.1 Å². The van der Waals surface area contributed by atoms with Crippen LogP contribution in [0.1, 0.15) is 17.3 Å². The molecule has 1 fully saturated rings. The molecule has 1 aliphatic heterocycles. The summed E-state index contributed by atoms with van der Waals surface area (Å²) in [5.41, 5.74) is 1.55. The SMILES string of the molecule is CCSc1cccc(C(=O)N2CCN(c3nc4c(OC)ccc(Cl)c4s3)CC2)c1. The standard InChI is InChI=1S/C21H22ClN3O2S2/c1-3-28-15-6-4-5-14(13-15)20(26)24-9-11-25(12-10-24)21-23-18-17(27-2)8-7-16(22)19(18)29-21/h4-8,13H,3,9-12H2,1-2H3. The highest BCUT2D eigenvalue weighted by molar-refractivity contribution is 7.99. The molecule has 0 unspecified atom stereocenters. The van der Waals surface area contributed by atoms with Crippen LogP contribution >= 0.6 is 34.7 Å². The lowest BCUT2D eigenvalue weighted by Gasteiger charge is -2.34. The zero-order valence-electron chi connectivity index (χ0n) is 16.4. The Labute approximate surface area is 183 Å². The Morgan fingerprint density at radius 3 is 2.76 bits per heavy atom. The van der Waals surface area contributed by atoms with E-state index in [-0.39, 0.29) is 5.91 Å². The lowest BCUT2D eigenvalue weighted by molar-refractivity contribution is 0.0746. The summed E-state index contributed by atoms with van der Waals surface area (Å²) in [7, 11) is 1.64. The molecular weight excluding hydrogens is 426 g/mol. The molecule has 0 atom stereocenters. The molecule has 1 aliphatic rings. The number of rotatable bonds is 5. The van der Waals surface area contributed by atoms with Crippen LogP contribution in [0.3, 0.4) is 0 Å². The third-order valence-electron chi connectivity index (χ3n) is 4.90. The molecule has 4 rings (SSSR count). The molecule has 152 valence electrons. The minimum absolute atomic E-state index is 0.0946. The van der Waals surface area contributed by atoms with Gasteiger partial charge in [-0.15, -0.1) is 11.8 Å². The second-order valence-electron chi connectivity index (χ2n) is 6.66. The van der Waals surface area contributed by atoms with Crippen molar-refractivity contribution >= 4 is 56.0 Å². The first kappa shape index (κ1) is 20.3. The highest BCUT2D eigenvalue weighted by Gasteiger charge is 2.25. The van der Waals surface area contributed by atoms with Crippen molar-refractivity contribution in [3.8, 4) is 5.75 Å². The molecule has 3 aromatic rings. The average Bonchev–Trinajstić information content (AvgIpc) is 3.21. The quantitative estimate of drug-likeness (QED) is 0.513. The number of hydrogen-bond acceptors (Lipinski definition) is 6. The van der Waals surface area contributed by atoms with Crippen LogP contribution in [0, 0.1) is 0 Å². The smallest absolute Gasteiger partial charge is 0.254 e. The van der Waals surface area contributed by atoms with E-state index in [0.717, 1.165) is 50.4 Å². The van der Waals surface area contributed by atoms with E-state index in [2.05, 4.69) is 17.9 Å². The first-order valence-corrected chi connectivity index (χ1v) is 11.7. The van der Waals surface area contributed by atoms with Gasteiger partial charge in [-0.1, -0.05) is 35.9 Å². The van der Waals surface area contributed by atoms with Gasteiger partial charge in [-0.3, -0.25) is 4.79 Å². The minimum Gasteiger partial charge on any atom is -0.494 e. The maximum Gasteiger partial charge on any atom is 0.254 e. The lowest BCUT2D eigenvalue weighted by Crippen LogP contribution is -2.48. The van der Waals surface area contributed by atoms with E-state index in [1.54, 1.807) is 30.2 Å². The van der Waals surface area contributed by atoms with Crippen molar-refractivity contribution in [3.63, 3.8) is 0 Å². The number of carbonyl (C=O) groups is 1. The lowest BCUT2D eigenvalue weighted by atomic mass is 10.2. The van der Waals surface area contributed by atoms with Crippen LogP contribution < -0.4 is 9.64 Å². The van der Waals surface area contributed by atoms with Gasteiger partial charge in [-0.25, -0.2) is 4.98 Å². The molecule has 0 spiro atoms. The molecule has 29 heavy (non-hydrogen) atoms. The van der Waals surface area contributed by atoms with Crippen molar-refractivity contribution in [2.75, 3.05) is 43.9 Å². The summed E-state index contributed by atoms with van der Waals surface area (Å²) in [6.45, 7) is 4.95. The third-order valence-corrected chi connectivity index (χ3v) is 7.35. The Hall–Kier alpha value is -1.96. The van der Waals surface area contributed by atoms with Gasteiger partial charge < -0.3 is 14.5 Å². The Morgan fingerprint density at radius 2 is 2.03 bits per heavy atom. The fourth-order valence-electron chi connectivity index (χ4n) is 3.41. The summed E-state index contributed by atoms with van der Waals surface area (Å²) in [4.78, 5) is 23.0. The predicted octanol–water partition coefficient (Wildman–Crippen LogP) is 5.03. The van der Waals surface area contributed by atoms with E-state index in [1.165, 1.54) is 0 Å². The first-order valence-electron chi connectivity index (χ1n) is 9.51. The van der Waals surface area contributed by atoms with Crippen molar-refractivity contribution in [2.24, 2.45) is 0 Å². The number of thioether (sulfide) groups is 1. The number of aromatic nitrogens is 1. The summed E-state index contributed by atoms with van der Waals surface area (Å²) >= 11 is 9.67. The summed E-state index contributed by atoms with van der Waals surface area (Å²) in [6, 6.07) is 11.6. The van der Waals surface area contributed by atoms with Gasteiger partial charge >= 0.3 is 0 Å². The average molecular weight is 448 g/mol. The molecule has 1 aromatic heterocycles. The van der Waals surface area contributed by atoms with Crippen molar-refractivity contribution in [3.05, 3.63) is 47.0 Å². The third kappa shape index (κ3) is 4.17. The molecular formula is C21H22ClN3O2S2. The van der Waals surface area contributed by atoms with Gasteiger partial charge in [-0.2, -0.15) is 0 Å². The Kier molecular flexibility index (Phi) is 6.18. The highest BCUT2D eigenvalue weighted by atomic mass is 35.5. The van der Waals surface area contributed by atoms with Crippen molar-refractivity contribution in [2.45, 2.75) is 11.8 Å². The van der Waals surface area contributed by atoms with Gasteiger partial charge in [0.25, 0.3) is 5.91 Å². The number of carbonyl (C=O) groups excluding carboxylic acids is 1. The van der Waals surface area contributed by atoms with Gasteiger partial charge in [-0.05, 0) is 36.1 Å². The molecule has 1 saturated heterocycles. The topological polar surface area (TPSA) is 45.7 Å². The number of fused-ring (bicyclic) bond motifs is 1. The number of anilines is 1. The zero-order chi connectivity index (χ0) is 20.4. The number of ether oxygens (including phenoxy) is 1. The number of piperazine rings is 1. The van der Waals surface area contributed by atoms with Crippen LogP contribution in [0.25, 0.3) is 10.2 Å². The van der Waals surface area contributed by atoms with Gasteiger partial charge in [0.2, 0.25) is 0 Å². The van der Waals surface area contributed by atoms with Gasteiger partial charge in [0, 0.05) is 36.6 Å². The van der Waals surface area contributed by atoms with Gasteiger partial charge in [0.05, 0.1) is 16.8 Å². The predicted molar refractivity (Wildman–Crippen MR) is 122 cm³/mol. The summed E-state index contributed by atoms with van der Waals surface area (Å²) in [5, 5.41) is 1.60. The van der Waals surface area contributed by atoms with Crippen LogP contribution in [0.2, 0.25) is 5.02 Å². The van der Waals surface area contributed by atoms with Crippen molar-refractivity contribution in [1.82, 2.24) is 9.88 Å². The van der Waals surface area contributed by atoms with Crippen molar-refractivity contribution < 1.29 is 9.53 Å². The van der Waals surface area contributed by atoms with Crippen LogP contribution in [-0.4, -0.2) is 54.8 Å². The Balaban J connectivity index is 1.47. The molecule has 0 saturated carbocycles. The van der Waals surface area contributed by atoms with E-state index in [9.17, 15) is 4.79 Å². The second kappa shape index (κ2) is 8.81. The van der Waals surface area contributed by atoms with Gasteiger partial charge in [0.1, 0.15) is 11.3 Å². The number of benzene rings is 2. The molecule has 0 aliphatic carbocycles. The van der Waals surface area contributed by atoms with Crippen LogP contribution in [-0.2, 0) is 0 Å². The fourth-order valence-corrected chi connectivity index (χ4v) is 5.44.